The molecule has 2 rings (SSSR count). The van der Waals surface area contributed by atoms with E-state index in [4.69, 9.17) is 4.74 Å². The molecule has 1 amide bonds. The number of nitro groups is 1. The Hall–Kier alpha value is -2.90. The molecule has 0 saturated heterocycles. The van der Waals surface area contributed by atoms with Crippen LogP contribution in [0.25, 0.3) is 0 Å². The van der Waals surface area contributed by atoms with Crippen molar-refractivity contribution < 1.29 is 14.5 Å². The summed E-state index contributed by atoms with van der Waals surface area (Å²) in [5.74, 6) is 0.567. The van der Waals surface area contributed by atoms with Crippen LogP contribution in [-0.4, -0.2) is 33.8 Å². The number of aromatic nitrogens is 2. The van der Waals surface area contributed by atoms with Gasteiger partial charge in [-0.15, -0.1) is 0 Å². The normalized spacial score (nSPS) is 10.5. The maximum absolute atomic E-state index is 12.0. The van der Waals surface area contributed by atoms with E-state index in [1.165, 1.54) is 4.68 Å². The van der Waals surface area contributed by atoms with E-state index in [-0.39, 0.29) is 18.1 Å². The number of nitrogens with one attached hydrogen (secondary N) is 1. The first-order chi connectivity index (χ1) is 11.9. The van der Waals surface area contributed by atoms with Crippen molar-refractivity contribution >= 4 is 11.6 Å². The van der Waals surface area contributed by atoms with Gasteiger partial charge in [0.1, 0.15) is 23.7 Å². The van der Waals surface area contributed by atoms with Crippen molar-refractivity contribution in [2.45, 2.75) is 33.7 Å². The molecule has 1 aromatic carbocycles. The molecule has 25 heavy (non-hydrogen) atoms. The van der Waals surface area contributed by atoms with Gasteiger partial charge < -0.3 is 10.1 Å². The Kier molecular flexibility index (Phi) is 6.10. The highest BCUT2D eigenvalue weighted by Gasteiger charge is 2.22. The van der Waals surface area contributed by atoms with Gasteiger partial charge in [-0.3, -0.25) is 19.6 Å². The van der Waals surface area contributed by atoms with Crippen LogP contribution in [-0.2, 0) is 11.3 Å². The topological polar surface area (TPSA) is 99.3 Å². The number of benzene rings is 1. The lowest BCUT2D eigenvalue weighted by Gasteiger charge is -2.08. The summed E-state index contributed by atoms with van der Waals surface area (Å²) in [7, 11) is 0. The predicted octanol–water partition coefficient (Wildman–Crippen LogP) is 2.30. The summed E-state index contributed by atoms with van der Waals surface area (Å²) < 4.78 is 6.96. The lowest BCUT2D eigenvalue weighted by atomic mass is 10.2. The van der Waals surface area contributed by atoms with E-state index in [9.17, 15) is 14.9 Å². The first-order valence-corrected chi connectivity index (χ1v) is 8.03. The number of rotatable bonds is 8. The molecule has 0 atom stereocenters. The van der Waals surface area contributed by atoms with Crippen molar-refractivity contribution in [3.05, 3.63) is 51.3 Å². The van der Waals surface area contributed by atoms with Gasteiger partial charge in [-0.25, -0.2) is 0 Å². The molecule has 0 aliphatic rings. The second-order valence-electron chi connectivity index (χ2n) is 5.80. The first-order valence-electron chi connectivity index (χ1n) is 8.03. The summed E-state index contributed by atoms with van der Waals surface area (Å²) in [5.41, 5.74) is 1.77. The van der Waals surface area contributed by atoms with Crippen molar-refractivity contribution in [1.29, 1.82) is 0 Å². The van der Waals surface area contributed by atoms with Crippen LogP contribution in [0.3, 0.4) is 0 Å². The van der Waals surface area contributed by atoms with Crippen molar-refractivity contribution in [2.24, 2.45) is 0 Å². The number of amides is 1. The average molecular weight is 346 g/mol. The minimum Gasteiger partial charge on any atom is -0.494 e. The summed E-state index contributed by atoms with van der Waals surface area (Å²) in [6.45, 7) is 6.06. The maximum Gasteiger partial charge on any atom is 0.312 e. The lowest BCUT2D eigenvalue weighted by Crippen LogP contribution is -2.30. The molecule has 1 N–H and O–H groups in total. The minimum atomic E-state index is -0.477. The highest BCUT2D eigenvalue weighted by molar-refractivity contribution is 5.75. The maximum atomic E-state index is 12.0. The fourth-order valence-electron chi connectivity index (χ4n) is 2.49. The fraction of sp³-hybridized carbons (Fsp3) is 0.412. The molecule has 2 aromatic rings. The molecular weight excluding hydrogens is 324 g/mol. The Bertz CT molecular complexity index is 770. The molecule has 0 saturated carbocycles. The van der Waals surface area contributed by atoms with Gasteiger partial charge in [0.05, 0.1) is 11.5 Å². The molecular formula is C17H22N4O4. The standard InChI is InChI=1S/C17H22N4O4/c1-12-6-4-7-15(10-12)25-9-5-8-18-16(22)11-20-14(3)17(21(23)24)13(2)19-20/h4,6-7,10H,5,8-9,11H2,1-3H3,(H,18,22). The predicted molar refractivity (Wildman–Crippen MR) is 92.7 cm³/mol. The second-order valence-corrected chi connectivity index (χ2v) is 5.80. The van der Waals surface area contributed by atoms with E-state index in [2.05, 4.69) is 10.4 Å². The second kappa shape index (κ2) is 8.27. The van der Waals surface area contributed by atoms with Crippen LogP contribution in [0.15, 0.2) is 24.3 Å². The van der Waals surface area contributed by atoms with E-state index < -0.39 is 4.92 Å². The van der Waals surface area contributed by atoms with E-state index in [0.29, 0.717) is 31.0 Å². The number of hydrogen-bond donors (Lipinski definition) is 1. The highest BCUT2D eigenvalue weighted by atomic mass is 16.6. The first kappa shape index (κ1) is 18.4. The van der Waals surface area contributed by atoms with Crippen molar-refractivity contribution in [2.75, 3.05) is 13.2 Å². The molecule has 1 aromatic heterocycles. The molecule has 0 spiro atoms. The third kappa shape index (κ3) is 5.03. The Morgan fingerprint density at radius 2 is 2.12 bits per heavy atom. The van der Waals surface area contributed by atoms with Gasteiger partial charge in [0.2, 0.25) is 5.91 Å². The number of ether oxygens (including phenoxy) is 1. The van der Waals surface area contributed by atoms with E-state index in [1.807, 2.05) is 31.2 Å². The van der Waals surface area contributed by atoms with Gasteiger partial charge in [-0.2, -0.15) is 5.10 Å². The number of nitrogens with zero attached hydrogens (tertiary/aromatic N) is 3. The van der Waals surface area contributed by atoms with Crippen LogP contribution in [0.5, 0.6) is 5.75 Å². The SMILES string of the molecule is Cc1cccc(OCCCNC(=O)Cn2nc(C)c([N+](=O)[O-])c2C)c1. The number of carbonyl (C=O) groups excluding carboxylic acids is 1. The summed E-state index contributed by atoms with van der Waals surface area (Å²) in [5, 5.41) is 17.8. The zero-order valence-corrected chi connectivity index (χ0v) is 14.6. The molecule has 0 fully saturated rings. The summed E-state index contributed by atoms with van der Waals surface area (Å²) in [6.07, 6.45) is 0.664. The number of hydrogen-bond acceptors (Lipinski definition) is 5. The van der Waals surface area contributed by atoms with Gasteiger partial charge in [-0.1, -0.05) is 12.1 Å². The third-order valence-corrected chi connectivity index (χ3v) is 3.72. The Morgan fingerprint density at radius 3 is 2.76 bits per heavy atom. The highest BCUT2D eigenvalue weighted by Crippen LogP contribution is 2.21. The summed E-state index contributed by atoms with van der Waals surface area (Å²) >= 11 is 0. The zero-order chi connectivity index (χ0) is 18.4. The van der Waals surface area contributed by atoms with Gasteiger partial charge in [-0.05, 0) is 44.9 Å². The Morgan fingerprint density at radius 1 is 1.36 bits per heavy atom. The molecule has 0 bridgehead atoms. The zero-order valence-electron chi connectivity index (χ0n) is 14.6. The van der Waals surface area contributed by atoms with Crippen LogP contribution in [0.4, 0.5) is 5.69 Å². The Labute approximate surface area is 145 Å². The van der Waals surface area contributed by atoms with Crippen LogP contribution < -0.4 is 10.1 Å². The molecule has 0 aliphatic carbocycles. The van der Waals surface area contributed by atoms with Crippen molar-refractivity contribution in [1.82, 2.24) is 15.1 Å². The third-order valence-electron chi connectivity index (χ3n) is 3.72. The van der Waals surface area contributed by atoms with Gasteiger partial charge in [0, 0.05) is 6.54 Å². The number of carbonyl (C=O) groups is 1. The lowest BCUT2D eigenvalue weighted by molar-refractivity contribution is -0.386. The van der Waals surface area contributed by atoms with Crippen molar-refractivity contribution in [3.8, 4) is 5.75 Å². The smallest absolute Gasteiger partial charge is 0.312 e. The van der Waals surface area contributed by atoms with E-state index in [0.717, 1.165) is 11.3 Å². The van der Waals surface area contributed by atoms with Crippen LogP contribution >= 0.6 is 0 Å². The molecule has 0 aliphatic heterocycles. The van der Waals surface area contributed by atoms with Gasteiger partial charge >= 0.3 is 5.69 Å². The molecule has 8 heteroatoms. The molecule has 0 unspecified atom stereocenters. The van der Waals surface area contributed by atoms with Gasteiger partial charge in [0.15, 0.2) is 0 Å². The minimum absolute atomic E-state index is 0.0423. The summed E-state index contributed by atoms with van der Waals surface area (Å²) in [6, 6.07) is 7.77. The Balaban J connectivity index is 1.74. The van der Waals surface area contributed by atoms with E-state index >= 15 is 0 Å². The van der Waals surface area contributed by atoms with Crippen LogP contribution in [0.2, 0.25) is 0 Å². The van der Waals surface area contributed by atoms with E-state index in [1.54, 1.807) is 13.8 Å². The fourth-order valence-corrected chi connectivity index (χ4v) is 2.49. The summed E-state index contributed by atoms with van der Waals surface area (Å²) in [4.78, 5) is 22.4. The average Bonchev–Trinajstić information content (AvgIpc) is 2.81. The molecule has 1 heterocycles. The monoisotopic (exact) mass is 346 g/mol. The quantitative estimate of drug-likeness (QED) is 0.449. The largest absolute Gasteiger partial charge is 0.494 e. The van der Waals surface area contributed by atoms with Gasteiger partial charge in [0.25, 0.3) is 0 Å². The van der Waals surface area contributed by atoms with Crippen LogP contribution in [0, 0.1) is 30.9 Å². The molecule has 134 valence electrons. The molecule has 0 radical (unpaired) electrons. The number of aryl methyl sites for hydroxylation is 2. The molecule has 8 nitrogen and oxygen atoms in total. The van der Waals surface area contributed by atoms with Crippen molar-refractivity contribution in [3.63, 3.8) is 0 Å². The van der Waals surface area contributed by atoms with Crippen LogP contribution in [0.1, 0.15) is 23.4 Å².